The number of rotatable bonds is 5. The van der Waals surface area contributed by atoms with Gasteiger partial charge in [0.1, 0.15) is 0 Å². The van der Waals surface area contributed by atoms with Crippen LogP contribution in [0.15, 0.2) is 11.6 Å². The van der Waals surface area contributed by atoms with Crippen molar-refractivity contribution in [3.8, 4) is 0 Å². The minimum Gasteiger partial charge on any atom is -0.395 e. The average molecular weight is 438 g/mol. The number of aliphatic hydroxyl groups excluding tert-OH is 4. The zero-order chi connectivity index (χ0) is 22.8. The molecule has 4 aliphatic rings. The molecule has 0 aromatic heterocycles. The van der Waals surface area contributed by atoms with E-state index in [1.54, 1.807) is 6.08 Å². The number of aliphatic hydroxyl groups is 5. The van der Waals surface area contributed by atoms with Crippen LogP contribution in [0, 0.1) is 28.6 Å². The Morgan fingerprint density at radius 2 is 1.87 bits per heavy atom. The molecule has 9 atom stereocenters. The summed E-state index contributed by atoms with van der Waals surface area (Å²) >= 11 is 0. The summed E-state index contributed by atoms with van der Waals surface area (Å²) in [6.07, 6.45) is 2.65. The lowest BCUT2D eigenvalue weighted by atomic mass is 9.46. The molecular weight excluding hydrogens is 398 g/mol. The number of ketones is 1. The summed E-state index contributed by atoms with van der Waals surface area (Å²) < 4.78 is 0. The molecule has 3 fully saturated rings. The van der Waals surface area contributed by atoms with Crippen LogP contribution in [-0.2, 0) is 4.79 Å². The van der Waals surface area contributed by atoms with Crippen molar-refractivity contribution in [2.45, 2.75) is 76.3 Å². The molecule has 0 heterocycles. The van der Waals surface area contributed by atoms with Gasteiger partial charge >= 0.3 is 0 Å². The zero-order valence-corrected chi connectivity index (χ0v) is 19.0. The lowest BCUT2D eigenvalue weighted by Crippen LogP contribution is -2.61. The van der Waals surface area contributed by atoms with Gasteiger partial charge < -0.3 is 30.4 Å². The number of hydrogen-bond donors (Lipinski definition) is 5. The maximum Gasteiger partial charge on any atom is 0.159 e. The smallest absolute Gasteiger partial charge is 0.159 e. The molecule has 0 bridgehead atoms. The second-order valence-corrected chi connectivity index (χ2v) is 11.2. The standard InChI is InChI=1S/C24H39NO6/c1-22-12-20(29)19(28)11-17(22)18(27)10-16-14(22)4-6-23(2)15(5-7-24(16,23)31)21(30)13-25(3)8-9-26/h10,14-15,17,19-21,26,28-31H,4-9,11-13H2,1-3H3/t14?,15-,17+,19-,20+,21?,22-,23-,24-/m1/s1. The van der Waals surface area contributed by atoms with Crippen LogP contribution in [0.4, 0.5) is 0 Å². The highest BCUT2D eigenvalue weighted by Crippen LogP contribution is 2.67. The highest BCUT2D eigenvalue weighted by Gasteiger charge is 2.67. The fourth-order valence-corrected chi connectivity index (χ4v) is 7.74. The molecule has 4 aliphatic carbocycles. The predicted octanol–water partition coefficient (Wildman–Crippen LogP) is 0.476. The van der Waals surface area contributed by atoms with Crippen molar-refractivity contribution in [2.75, 3.05) is 26.7 Å². The summed E-state index contributed by atoms with van der Waals surface area (Å²) in [4.78, 5) is 15.1. The Bertz CT molecular complexity index is 756. The quantitative estimate of drug-likeness (QED) is 0.424. The third-order valence-corrected chi connectivity index (χ3v) is 9.63. The van der Waals surface area contributed by atoms with Crippen molar-refractivity contribution in [3.63, 3.8) is 0 Å². The molecule has 3 saturated carbocycles. The molecule has 7 heteroatoms. The SMILES string of the molecule is CN(CCO)CC(O)[C@H]1CC[C@@]2(O)C3=CC(=O)[C@@H]4C[C@@H](O)[C@@H](O)C[C@]4(C)C3CC[C@]12C. The number of likely N-dealkylation sites (N-methyl/N-ethyl adjacent to an activating group) is 1. The molecule has 31 heavy (non-hydrogen) atoms. The van der Waals surface area contributed by atoms with E-state index in [1.165, 1.54) is 0 Å². The molecule has 0 aromatic carbocycles. The topological polar surface area (TPSA) is 121 Å². The number of fused-ring (bicyclic) bond motifs is 5. The molecule has 0 amide bonds. The van der Waals surface area contributed by atoms with E-state index in [0.29, 0.717) is 32.4 Å². The summed E-state index contributed by atoms with van der Waals surface area (Å²) in [6.45, 7) is 5.05. The molecule has 0 spiro atoms. The van der Waals surface area contributed by atoms with Crippen LogP contribution in [0.5, 0.6) is 0 Å². The molecule has 0 saturated heterocycles. The lowest BCUT2D eigenvalue weighted by molar-refractivity contribution is -0.155. The maximum absolute atomic E-state index is 13.1. The molecule has 176 valence electrons. The van der Waals surface area contributed by atoms with Gasteiger partial charge in [-0.05, 0) is 74.5 Å². The number of carbonyl (C=O) groups is 1. The predicted molar refractivity (Wildman–Crippen MR) is 115 cm³/mol. The molecule has 0 aliphatic heterocycles. The van der Waals surface area contributed by atoms with Gasteiger partial charge in [-0.15, -0.1) is 0 Å². The Morgan fingerprint density at radius 1 is 1.16 bits per heavy atom. The van der Waals surface area contributed by atoms with E-state index in [1.807, 2.05) is 18.9 Å². The van der Waals surface area contributed by atoms with Gasteiger partial charge in [0.05, 0.1) is 30.5 Å². The Morgan fingerprint density at radius 3 is 2.55 bits per heavy atom. The van der Waals surface area contributed by atoms with Crippen LogP contribution < -0.4 is 0 Å². The van der Waals surface area contributed by atoms with Gasteiger partial charge in [-0.1, -0.05) is 13.8 Å². The fraction of sp³-hybridized carbons (Fsp3) is 0.875. The van der Waals surface area contributed by atoms with Crippen molar-refractivity contribution in [1.82, 2.24) is 4.90 Å². The number of hydrogen-bond acceptors (Lipinski definition) is 7. The molecule has 0 aromatic rings. The van der Waals surface area contributed by atoms with Crippen molar-refractivity contribution in [1.29, 1.82) is 0 Å². The van der Waals surface area contributed by atoms with E-state index in [9.17, 15) is 25.2 Å². The summed E-state index contributed by atoms with van der Waals surface area (Å²) in [5, 5.41) is 52.8. The average Bonchev–Trinajstić information content (AvgIpc) is 2.96. The summed E-state index contributed by atoms with van der Waals surface area (Å²) in [5.74, 6) is -0.491. The molecule has 5 N–H and O–H groups in total. The van der Waals surface area contributed by atoms with E-state index in [4.69, 9.17) is 5.11 Å². The first-order valence-corrected chi connectivity index (χ1v) is 11.8. The van der Waals surface area contributed by atoms with Crippen LogP contribution in [0.2, 0.25) is 0 Å². The first kappa shape index (κ1) is 23.3. The summed E-state index contributed by atoms with van der Waals surface area (Å²) in [7, 11) is 1.87. The molecule has 2 unspecified atom stereocenters. The van der Waals surface area contributed by atoms with E-state index in [0.717, 1.165) is 18.4 Å². The van der Waals surface area contributed by atoms with Crippen LogP contribution in [0.3, 0.4) is 0 Å². The van der Waals surface area contributed by atoms with E-state index >= 15 is 0 Å². The molecular formula is C24H39NO6. The largest absolute Gasteiger partial charge is 0.395 e. The first-order chi connectivity index (χ1) is 14.5. The Kier molecular flexibility index (Phi) is 5.94. The van der Waals surface area contributed by atoms with Crippen LogP contribution in [-0.4, -0.2) is 86.9 Å². The highest BCUT2D eigenvalue weighted by molar-refractivity contribution is 5.95. The second-order valence-electron chi connectivity index (χ2n) is 11.2. The lowest BCUT2D eigenvalue weighted by Gasteiger charge is -2.60. The minimum absolute atomic E-state index is 0.0108. The third-order valence-electron chi connectivity index (χ3n) is 9.63. The van der Waals surface area contributed by atoms with E-state index in [-0.39, 0.29) is 36.6 Å². The highest BCUT2D eigenvalue weighted by atomic mass is 16.3. The van der Waals surface area contributed by atoms with Gasteiger partial charge in [0.15, 0.2) is 5.78 Å². The van der Waals surface area contributed by atoms with Gasteiger partial charge in [0.2, 0.25) is 0 Å². The van der Waals surface area contributed by atoms with Gasteiger partial charge in [-0.3, -0.25) is 4.79 Å². The van der Waals surface area contributed by atoms with Crippen LogP contribution >= 0.6 is 0 Å². The van der Waals surface area contributed by atoms with Crippen molar-refractivity contribution in [2.24, 2.45) is 28.6 Å². The van der Waals surface area contributed by atoms with Gasteiger partial charge in [0.25, 0.3) is 0 Å². The van der Waals surface area contributed by atoms with Crippen molar-refractivity contribution >= 4 is 5.78 Å². The summed E-state index contributed by atoms with van der Waals surface area (Å²) in [5.41, 5.74) is -1.38. The van der Waals surface area contributed by atoms with E-state index < -0.39 is 34.7 Å². The zero-order valence-electron chi connectivity index (χ0n) is 19.0. The first-order valence-electron chi connectivity index (χ1n) is 11.8. The maximum atomic E-state index is 13.1. The number of allylic oxidation sites excluding steroid dienone is 1. The monoisotopic (exact) mass is 437 g/mol. The number of nitrogens with zero attached hydrogens (tertiary/aromatic N) is 1. The van der Waals surface area contributed by atoms with Gasteiger partial charge in [-0.2, -0.15) is 0 Å². The second kappa shape index (κ2) is 7.89. The Balaban J connectivity index is 1.65. The van der Waals surface area contributed by atoms with Crippen LogP contribution in [0.1, 0.15) is 52.4 Å². The minimum atomic E-state index is -1.15. The normalized spacial score (nSPS) is 48.1. The third kappa shape index (κ3) is 3.35. The van der Waals surface area contributed by atoms with Crippen molar-refractivity contribution in [3.05, 3.63) is 11.6 Å². The number of carbonyl (C=O) groups excluding carboxylic acids is 1. The van der Waals surface area contributed by atoms with Gasteiger partial charge in [-0.25, -0.2) is 0 Å². The van der Waals surface area contributed by atoms with Gasteiger partial charge in [0, 0.05) is 24.4 Å². The molecule has 4 rings (SSSR count). The summed E-state index contributed by atoms with van der Waals surface area (Å²) in [6, 6.07) is 0. The van der Waals surface area contributed by atoms with E-state index in [2.05, 4.69) is 6.92 Å². The van der Waals surface area contributed by atoms with Crippen molar-refractivity contribution < 1.29 is 30.3 Å². The van der Waals surface area contributed by atoms with Crippen LogP contribution in [0.25, 0.3) is 0 Å². The Hall–Kier alpha value is -0.830. The Labute approximate surface area is 184 Å². The fourth-order valence-electron chi connectivity index (χ4n) is 7.74. The molecule has 7 nitrogen and oxygen atoms in total. The molecule has 0 radical (unpaired) electrons.